The molecule has 0 spiro atoms. The molecule has 0 bridgehead atoms. The number of hydrogen-bond acceptors (Lipinski definition) is 2. The zero-order valence-electron chi connectivity index (χ0n) is 10.3. The number of rotatable bonds is 3. The first-order valence-corrected chi connectivity index (χ1v) is 5.42. The van der Waals surface area contributed by atoms with E-state index in [1.54, 1.807) is 0 Å². The fraction of sp³-hybridized carbons (Fsp3) is 0.429. The zero-order valence-corrected chi connectivity index (χ0v) is 10.3. The number of hydrogen-bond donors (Lipinski definition) is 0. The highest BCUT2D eigenvalue weighted by atomic mass is 16.1. The Hall–Kier alpha value is -1.62. The number of benzene rings is 1. The van der Waals surface area contributed by atoms with Gasteiger partial charge in [-0.1, -0.05) is 12.1 Å². The van der Waals surface area contributed by atoms with Crippen molar-refractivity contribution < 1.29 is 4.79 Å². The van der Waals surface area contributed by atoms with Gasteiger partial charge in [-0.2, -0.15) is 5.26 Å². The molecule has 1 atom stereocenters. The molecule has 1 aromatic carbocycles. The Morgan fingerprint density at radius 1 is 1.25 bits per heavy atom. The predicted octanol–water partition coefficient (Wildman–Crippen LogP) is 3.20. The number of ketones is 1. The molecule has 0 saturated carbocycles. The molecule has 0 radical (unpaired) electrons. The van der Waals surface area contributed by atoms with Gasteiger partial charge in [0.15, 0.2) is 0 Å². The molecule has 1 rings (SSSR count). The lowest BCUT2D eigenvalue weighted by Gasteiger charge is -2.13. The lowest BCUT2D eigenvalue weighted by molar-refractivity contribution is -0.117. The molecular formula is C14H17NO. The summed E-state index contributed by atoms with van der Waals surface area (Å²) in [5.74, 6) is -0.249. The minimum Gasteiger partial charge on any atom is -0.300 e. The molecule has 0 heterocycles. The second kappa shape index (κ2) is 4.94. The van der Waals surface area contributed by atoms with Gasteiger partial charge in [0.25, 0.3) is 0 Å². The third-order valence-electron chi connectivity index (χ3n) is 2.91. The molecule has 0 saturated heterocycles. The summed E-state index contributed by atoms with van der Waals surface area (Å²) in [5, 5.41) is 9.11. The lowest BCUT2D eigenvalue weighted by atomic mass is 9.89. The van der Waals surface area contributed by atoms with Gasteiger partial charge in [-0.15, -0.1) is 0 Å². The van der Waals surface area contributed by atoms with Crippen LogP contribution in [0.4, 0.5) is 0 Å². The predicted molar refractivity (Wildman–Crippen MR) is 64.3 cm³/mol. The Bertz CT molecular complexity index is 455. The van der Waals surface area contributed by atoms with Crippen LogP contribution in [0.1, 0.15) is 41.5 Å². The van der Waals surface area contributed by atoms with Crippen molar-refractivity contribution in [3.63, 3.8) is 0 Å². The van der Waals surface area contributed by atoms with Crippen LogP contribution >= 0.6 is 0 Å². The molecule has 0 aromatic heterocycles. The van der Waals surface area contributed by atoms with E-state index in [1.807, 2.05) is 19.9 Å². The first-order chi connectivity index (χ1) is 7.45. The highest BCUT2D eigenvalue weighted by Crippen LogP contribution is 2.25. The average molecular weight is 215 g/mol. The van der Waals surface area contributed by atoms with Gasteiger partial charge in [0.05, 0.1) is 12.0 Å². The van der Waals surface area contributed by atoms with E-state index in [9.17, 15) is 4.79 Å². The van der Waals surface area contributed by atoms with Crippen molar-refractivity contribution >= 4 is 5.78 Å². The van der Waals surface area contributed by atoms with Crippen molar-refractivity contribution in [1.29, 1.82) is 5.26 Å². The monoisotopic (exact) mass is 215 g/mol. The molecule has 0 fully saturated rings. The normalized spacial score (nSPS) is 11.9. The number of nitriles is 1. The van der Waals surface area contributed by atoms with Crippen LogP contribution < -0.4 is 0 Å². The molecule has 0 amide bonds. The first kappa shape index (κ1) is 12.4. The van der Waals surface area contributed by atoms with Crippen LogP contribution in [0.15, 0.2) is 12.1 Å². The van der Waals surface area contributed by atoms with Crippen molar-refractivity contribution in [3.8, 4) is 6.07 Å². The van der Waals surface area contributed by atoms with Crippen LogP contribution in [-0.4, -0.2) is 5.78 Å². The average Bonchev–Trinajstić information content (AvgIpc) is 2.20. The van der Waals surface area contributed by atoms with Crippen molar-refractivity contribution in [1.82, 2.24) is 0 Å². The minimum absolute atomic E-state index is 0.0594. The van der Waals surface area contributed by atoms with Crippen LogP contribution in [0.3, 0.4) is 0 Å². The molecular weight excluding hydrogens is 198 g/mol. The van der Waals surface area contributed by atoms with Gasteiger partial charge in [0, 0.05) is 6.42 Å². The van der Waals surface area contributed by atoms with E-state index >= 15 is 0 Å². The second-order valence-electron chi connectivity index (χ2n) is 4.38. The summed E-state index contributed by atoms with van der Waals surface area (Å²) >= 11 is 0. The van der Waals surface area contributed by atoms with E-state index in [4.69, 9.17) is 5.26 Å². The van der Waals surface area contributed by atoms with Gasteiger partial charge >= 0.3 is 0 Å². The minimum atomic E-state index is -0.309. The van der Waals surface area contributed by atoms with Crippen LogP contribution in [0, 0.1) is 32.1 Å². The van der Waals surface area contributed by atoms with Crippen LogP contribution in [-0.2, 0) is 4.79 Å². The molecule has 2 heteroatoms. The Morgan fingerprint density at radius 2 is 1.81 bits per heavy atom. The smallest absolute Gasteiger partial charge is 0.131 e. The Labute approximate surface area is 96.9 Å². The van der Waals surface area contributed by atoms with E-state index in [0.29, 0.717) is 6.42 Å². The van der Waals surface area contributed by atoms with E-state index < -0.39 is 0 Å². The lowest BCUT2D eigenvalue weighted by Crippen LogP contribution is -2.05. The van der Waals surface area contributed by atoms with E-state index in [1.165, 1.54) is 18.1 Å². The molecule has 0 N–H and O–H groups in total. The summed E-state index contributed by atoms with van der Waals surface area (Å²) in [5.41, 5.74) is 4.47. The number of carbonyl (C=O) groups is 1. The van der Waals surface area contributed by atoms with Gasteiger partial charge < -0.3 is 0 Å². The fourth-order valence-electron chi connectivity index (χ4n) is 1.87. The zero-order chi connectivity index (χ0) is 12.3. The third kappa shape index (κ3) is 2.70. The van der Waals surface area contributed by atoms with Crippen molar-refractivity contribution in [2.24, 2.45) is 0 Å². The molecule has 2 nitrogen and oxygen atoms in total. The molecule has 84 valence electrons. The van der Waals surface area contributed by atoms with Gasteiger partial charge in [0.2, 0.25) is 0 Å². The van der Waals surface area contributed by atoms with Gasteiger partial charge in [-0.3, -0.25) is 4.79 Å². The number of Topliss-reactive ketones (excluding diaryl/α,β-unsaturated/α-hetero) is 1. The Balaban J connectivity index is 3.16. The summed E-state index contributed by atoms with van der Waals surface area (Å²) in [6, 6.07) is 6.32. The topological polar surface area (TPSA) is 40.9 Å². The van der Waals surface area contributed by atoms with Crippen LogP contribution in [0.25, 0.3) is 0 Å². The molecule has 1 aromatic rings. The number of carbonyl (C=O) groups excluding carboxylic acids is 1. The van der Waals surface area contributed by atoms with Gasteiger partial charge in [0.1, 0.15) is 5.78 Å². The maximum absolute atomic E-state index is 11.1. The number of aryl methyl sites for hydroxylation is 3. The van der Waals surface area contributed by atoms with Crippen molar-refractivity contribution in [2.45, 2.75) is 40.0 Å². The third-order valence-corrected chi connectivity index (χ3v) is 2.91. The van der Waals surface area contributed by atoms with E-state index in [2.05, 4.69) is 19.1 Å². The standard InChI is InChI=1S/C14H17NO/c1-9-5-11(3)14(6-10(9)2)13(8-15)7-12(4)16/h5-6,13H,7H2,1-4H3. The van der Waals surface area contributed by atoms with Gasteiger partial charge in [-0.05, 0) is 49.9 Å². The second-order valence-corrected chi connectivity index (χ2v) is 4.38. The highest BCUT2D eigenvalue weighted by molar-refractivity contribution is 5.77. The summed E-state index contributed by atoms with van der Waals surface area (Å²) in [4.78, 5) is 11.1. The summed E-state index contributed by atoms with van der Waals surface area (Å²) in [7, 11) is 0. The molecule has 0 aliphatic rings. The van der Waals surface area contributed by atoms with Crippen LogP contribution in [0.5, 0.6) is 0 Å². The first-order valence-electron chi connectivity index (χ1n) is 5.42. The number of nitrogens with zero attached hydrogens (tertiary/aromatic N) is 1. The summed E-state index contributed by atoms with van der Waals surface area (Å²) in [6.45, 7) is 7.60. The molecule has 1 unspecified atom stereocenters. The molecule has 0 aliphatic carbocycles. The van der Waals surface area contributed by atoms with Crippen LogP contribution in [0.2, 0.25) is 0 Å². The largest absolute Gasteiger partial charge is 0.300 e. The van der Waals surface area contributed by atoms with Crippen molar-refractivity contribution in [2.75, 3.05) is 0 Å². The maximum atomic E-state index is 11.1. The summed E-state index contributed by atoms with van der Waals surface area (Å²) < 4.78 is 0. The quantitative estimate of drug-likeness (QED) is 0.776. The Kier molecular flexibility index (Phi) is 3.84. The molecule has 16 heavy (non-hydrogen) atoms. The van der Waals surface area contributed by atoms with Gasteiger partial charge in [-0.25, -0.2) is 0 Å². The SMILES string of the molecule is CC(=O)CC(C#N)c1cc(C)c(C)cc1C. The maximum Gasteiger partial charge on any atom is 0.131 e. The summed E-state index contributed by atoms with van der Waals surface area (Å²) in [6.07, 6.45) is 0.305. The van der Waals surface area contributed by atoms with E-state index in [-0.39, 0.29) is 11.7 Å². The fourth-order valence-corrected chi connectivity index (χ4v) is 1.87. The highest BCUT2D eigenvalue weighted by Gasteiger charge is 2.16. The van der Waals surface area contributed by atoms with E-state index in [0.717, 1.165) is 11.1 Å². The van der Waals surface area contributed by atoms with Crippen molar-refractivity contribution in [3.05, 3.63) is 34.4 Å². The molecule has 0 aliphatic heterocycles. The Morgan fingerprint density at radius 3 is 2.31 bits per heavy atom.